The van der Waals surface area contributed by atoms with Gasteiger partial charge in [-0.05, 0) is 47.6 Å². The van der Waals surface area contributed by atoms with E-state index < -0.39 is 0 Å². The highest BCUT2D eigenvalue weighted by Crippen LogP contribution is 2.38. The summed E-state index contributed by atoms with van der Waals surface area (Å²) in [4.78, 5) is 13.3. The smallest absolute Gasteiger partial charge is 0.181 e. The van der Waals surface area contributed by atoms with Crippen LogP contribution >= 0.6 is 45.8 Å². The van der Waals surface area contributed by atoms with Crippen molar-refractivity contribution in [3.63, 3.8) is 0 Å². The fourth-order valence-corrected chi connectivity index (χ4v) is 3.63. The average molecular weight is 420 g/mol. The normalized spacial score (nSPS) is 15.8. The Bertz CT molecular complexity index is 642. The first-order valence-electron chi connectivity index (χ1n) is 6.50. The lowest BCUT2D eigenvalue weighted by Gasteiger charge is -2.13. The molecule has 2 heterocycles. The van der Waals surface area contributed by atoms with E-state index >= 15 is 0 Å². The van der Waals surface area contributed by atoms with Crippen molar-refractivity contribution in [2.45, 2.75) is 31.6 Å². The summed E-state index contributed by atoms with van der Waals surface area (Å²) in [5.41, 5.74) is 1.63. The van der Waals surface area contributed by atoms with Gasteiger partial charge in [0.2, 0.25) is 0 Å². The molecule has 20 heavy (non-hydrogen) atoms. The van der Waals surface area contributed by atoms with Gasteiger partial charge in [-0.1, -0.05) is 36.0 Å². The van der Waals surface area contributed by atoms with Gasteiger partial charge in [0.1, 0.15) is 10.8 Å². The second kappa shape index (κ2) is 6.12. The molecule has 2 aromatic rings. The molecule has 0 aromatic carbocycles. The van der Waals surface area contributed by atoms with E-state index in [4.69, 9.17) is 28.2 Å². The van der Waals surface area contributed by atoms with Crippen LogP contribution in [0, 0.1) is 3.57 Å². The summed E-state index contributed by atoms with van der Waals surface area (Å²) < 4.78 is 0.951. The molecule has 0 unspecified atom stereocenters. The molecule has 0 N–H and O–H groups in total. The van der Waals surface area contributed by atoms with E-state index in [0.29, 0.717) is 27.6 Å². The van der Waals surface area contributed by atoms with Crippen LogP contribution in [0.3, 0.4) is 0 Å². The van der Waals surface area contributed by atoms with Crippen molar-refractivity contribution in [1.29, 1.82) is 0 Å². The molecule has 0 saturated heterocycles. The highest BCUT2D eigenvalue weighted by molar-refractivity contribution is 14.1. The molecule has 2 aromatic heterocycles. The first kappa shape index (κ1) is 14.5. The summed E-state index contributed by atoms with van der Waals surface area (Å²) >= 11 is 14.7. The standard InChI is InChI=1S/C14H12Cl2IN3/c15-9-6-3-7-18-12(9)14-19-11(8-4-1-2-5-8)10(17)13(16)20-14/h3,6-8H,1-2,4-5H2. The van der Waals surface area contributed by atoms with Gasteiger partial charge in [-0.15, -0.1) is 0 Å². The molecule has 1 aliphatic rings. The van der Waals surface area contributed by atoms with E-state index in [-0.39, 0.29) is 0 Å². The zero-order valence-corrected chi connectivity index (χ0v) is 14.3. The molecule has 0 amide bonds. The van der Waals surface area contributed by atoms with Crippen molar-refractivity contribution in [3.8, 4) is 11.5 Å². The van der Waals surface area contributed by atoms with E-state index in [1.807, 2.05) is 0 Å². The first-order valence-corrected chi connectivity index (χ1v) is 8.34. The Labute approximate surface area is 141 Å². The molecule has 1 fully saturated rings. The number of pyridine rings is 1. The summed E-state index contributed by atoms with van der Waals surface area (Å²) in [7, 11) is 0. The van der Waals surface area contributed by atoms with Crippen molar-refractivity contribution in [1.82, 2.24) is 15.0 Å². The van der Waals surface area contributed by atoms with Gasteiger partial charge in [-0.25, -0.2) is 9.97 Å². The molecular weight excluding hydrogens is 408 g/mol. The molecule has 104 valence electrons. The van der Waals surface area contributed by atoms with Crippen LogP contribution in [0.5, 0.6) is 0 Å². The molecular formula is C14H12Cl2IN3. The lowest BCUT2D eigenvalue weighted by atomic mass is 10.0. The lowest BCUT2D eigenvalue weighted by Crippen LogP contribution is -2.05. The number of rotatable bonds is 2. The Morgan fingerprint density at radius 3 is 2.60 bits per heavy atom. The van der Waals surface area contributed by atoms with E-state index in [1.54, 1.807) is 18.3 Å². The van der Waals surface area contributed by atoms with Gasteiger partial charge in [0.05, 0.1) is 14.3 Å². The second-order valence-electron chi connectivity index (χ2n) is 4.85. The Kier molecular flexibility index (Phi) is 4.43. The third-order valence-corrected chi connectivity index (χ3v) is 5.51. The Morgan fingerprint density at radius 2 is 1.90 bits per heavy atom. The molecule has 0 bridgehead atoms. The van der Waals surface area contributed by atoms with Gasteiger partial charge in [0, 0.05) is 12.1 Å². The molecule has 3 rings (SSSR count). The molecule has 0 aliphatic heterocycles. The van der Waals surface area contributed by atoms with Crippen molar-refractivity contribution in [3.05, 3.63) is 37.8 Å². The van der Waals surface area contributed by atoms with Crippen LogP contribution in [-0.2, 0) is 0 Å². The maximum Gasteiger partial charge on any atom is 0.181 e. The predicted octanol–water partition coefficient (Wildman–Crippen LogP) is 5.11. The SMILES string of the molecule is Clc1cccnc1-c1nc(Cl)c(I)c(C2CCCC2)n1. The number of hydrogen-bond acceptors (Lipinski definition) is 3. The fourth-order valence-electron chi connectivity index (χ4n) is 2.56. The molecule has 0 spiro atoms. The van der Waals surface area contributed by atoms with E-state index in [2.05, 4.69) is 32.6 Å². The van der Waals surface area contributed by atoms with Gasteiger partial charge in [0.15, 0.2) is 5.82 Å². The average Bonchev–Trinajstić information content (AvgIpc) is 2.96. The minimum Gasteiger partial charge on any atom is -0.251 e. The summed E-state index contributed by atoms with van der Waals surface area (Å²) in [6, 6.07) is 3.58. The van der Waals surface area contributed by atoms with Gasteiger partial charge in [-0.2, -0.15) is 0 Å². The van der Waals surface area contributed by atoms with Crippen LogP contribution in [-0.4, -0.2) is 15.0 Å². The maximum absolute atomic E-state index is 6.27. The molecule has 6 heteroatoms. The van der Waals surface area contributed by atoms with Gasteiger partial charge in [0.25, 0.3) is 0 Å². The van der Waals surface area contributed by atoms with Crippen LogP contribution in [0.2, 0.25) is 10.2 Å². The molecule has 1 aliphatic carbocycles. The van der Waals surface area contributed by atoms with Crippen molar-refractivity contribution >= 4 is 45.8 Å². The summed E-state index contributed by atoms with van der Waals surface area (Å²) in [5, 5.41) is 1.03. The quantitative estimate of drug-likeness (QED) is 0.501. The molecule has 0 atom stereocenters. The van der Waals surface area contributed by atoms with Crippen LogP contribution in [0.1, 0.15) is 37.3 Å². The fraction of sp³-hybridized carbons (Fsp3) is 0.357. The lowest BCUT2D eigenvalue weighted by molar-refractivity contribution is 0.690. The van der Waals surface area contributed by atoms with Gasteiger partial charge >= 0.3 is 0 Å². The van der Waals surface area contributed by atoms with Crippen LogP contribution in [0.25, 0.3) is 11.5 Å². The van der Waals surface area contributed by atoms with Crippen LogP contribution in [0.4, 0.5) is 0 Å². The van der Waals surface area contributed by atoms with Crippen molar-refractivity contribution in [2.24, 2.45) is 0 Å². The molecule has 0 radical (unpaired) electrons. The maximum atomic E-state index is 6.27. The monoisotopic (exact) mass is 419 g/mol. The van der Waals surface area contributed by atoms with Gasteiger partial charge in [-0.3, -0.25) is 4.98 Å². The Morgan fingerprint density at radius 1 is 1.15 bits per heavy atom. The zero-order chi connectivity index (χ0) is 14.1. The van der Waals surface area contributed by atoms with E-state index in [9.17, 15) is 0 Å². The van der Waals surface area contributed by atoms with E-state index in [1.165, 1.54) is 25.7 Å². The summed E-state index contributed by atoms with van der Waals surface area (Å²) in [6.07, 6.45) is 6.52. The Hall–Kier alpha value is -0.460. The van der Waals surface area contributed by atoms with Crippen molar-refractivity contribution < 1.29 is 0 Å². The second-order valence-corrected chi connectivity index (χ2v) is 6.70. The van der Waals surface area contributed by atoms with Crippen LogP contribution in [0.15, 0.2) is 18.3 Å². The number of hydrogen-bond donors (Lipinski definition) is 0. The highest BCUT2D eigenvalue weighted by atomic mass is 127. The number of aromatic nitrogens is 3. The largest absolute Gasteiger partial charge is 0.251 e. The van der Waals surface area contributed by atoms with Crippen molar-refractivity contribution in [2.75, 3.05) is 0 Å². The minimum absolute atomic E-state index is 0.476. The molecule has 3 nitrogen and oxygen atoms in total. The number of halogens is 3. The minimum atomic E-state index is 0.476. The topological polar surface area (TPSA) is 38.7 Å². The highest BCUT2D eigenvalue weighted by Gasteiger charge is 2.24. The third-order valence-electron chi connectivity index (χ3n) is 3.55. The summed E-state index contributed by atoms with van der Waals surface area (Å²) in [5.74, 6) is 0.992. The zero-order valence-electron chi connectivity index (χ0n) is 10.6. The predicted molar refractivity (Wildman–Crippen MR) is 89.2 cm³/mol. The van der Waals surface area contributed by atoms with E-state index in [0.717, 1.165) is 9.26 Å². The van der Waals surface area contributed by atoms with Crippen LogP contribution < -0.4 is 0 Å². The first-order chi connectivity index (χ1) is 9.66. The Balaban J connectivity index is 2.11. The third kappa shape index (κ3) is 2.78. The number of nitrogens with zero attached hydrogens (tertiary/aromatic N) is 3. The molecule has 1 saturated carbocycles. The summed E-state index contributed by atoms with van der Waals surface area (Å²) in [6.45, 7) is 0. The van der Waals surface area contributed by atoms with Gasteiger partial charge < -0.3 is 0 Å².